The van der Waals surface area contributed by atoms with E-state index in [9.17, 15) is 0 Å². The van der Waals surface area contributed by atoms with Gasteiger partial charge in [0.1, 0.15) is 0 Å². The molecule has 0 spiro atoms. The Balaban J connectivity index is 0.000001000. The minimum Gasteiger partial charge on any atom is -0.312 e. The maximum Gasteiger partial charge on any atom is 0.00695 e. The summed E-state index contributed by atoms with van der Waals surface area (Å²) >= 11 is 0. The Morgan fingerprint density at radius 1 is 1.36 bits per heavy atom. The van der Waals surface area contributed by atoms with Crippen molar-refractivity contribution in [2.75, 3.05) is 0 Å². The minimum absolute atomic E-state index is 0. The van der Waals surface area contributed by atoms with Gasteiger partial charge in [-0.25, -0.2) is 0 Å². The first-order valence-electron chi connectivity index (χ1n) is 4.59. The molecule has 1 aliphatic carbocycles. The summed E-state index contributed by atoms with van der Waals surface area (Å²) in [6.07, 6.45) is 6.95. The summed E-state index contributed by atoms with van der Waals surface area (Å²) in [5, 5.41) is 3.63. The van der Waals surface area contributed by atoms with Crippen molar-refractivity contribution in [1.82, 2.24) is 5.32 Å². The van der Waals surface area contributed by atoms with Crippen LogP contribution in [0.4, 0.5) is 0 Å². The van der Waals surface area contributed by atoms with Crippen molar-refractivity contribution in [3.05, 3.63) is 0 Å². The normalized spacial score (nSPS) is 21.3. The summed E-state index contributed by atoms with van der Waals surface area (Å²) < 4.78 is 0. The van der Waals surface area contributed by atoms with Crippen LogP contribution in [0.15, 0.2) is 0 Å². The number of nitrogens with one attached hydrogen (secondary N) is 1. The highest BCUT2D eigenvalue weighted by Gasteiger charge is 2.15. The van der Waals surface area contributed by atoms with Crippen LogP contribution in [-0.4, -0.2) is 23.0 Å². The Hall–Kier alpha value is 0.177. The molecule has 1 aliphatic rings. The van der Waals surface area contributed by atoms with Crippen molar-refractivity contribution >= 4 is 11.0 Å². The van der Waals surface area contributed by atoms with Crippen molar-refractivity contribution in [3.8, 4) is 0 Å². The second-order valence-corrected chi connectivity index (χ2v) is 3.46. The molecular formula is C9H23NSi. The van der Waals surface area contributed by atoms with E-state index in [1.165, 1.54) is 32.1 Å². The Bertz CT molecular complexity index is 89.6. The predicted molar refractivity (Wildman–Crippen MR) is 56.5 cm³/mol. The minimum atomic E-state index is 0. The monoisotopic (exact) mass is 173 g/mol. The van der Waals surface area contributed by atoms with Crippen molar-refractivity contribution in [3.63, 3.8) is 0 Å². The first kappa shape index (κ1) is 11.2. The smallest absolute Gasteiger partial charge is 0.00695 e. The van der Waals surface area contributed by atoms with Crippen LogP contribution in [0.1, 0.15) is 46.0 Å². The third-order valence-corrected chi connectivity index (χ3v) is 2.49. The molecule has 1 fully saturated rings. The van der Waals surface area contributed by atoms with Gasteiger partial charge >= 0.3 is 0 Å². The first-order valence-corrected chi connectivity index (χ1v) is 4.59. The van der Waals surface area contributed by atoms with Gasteiger partial charge in [-0.1, -0.05) is 19.8 Å². The Labute approximate surface area is 75.0 Å². The van der Waals surface area contributed by atoms with E-state index >= 15 is 0 Å². The molecule has 0 aromatic carbocycles. The molecule has 0 bridgehead atoms. The Morgan fingerprint density at radius 2 is 1.91 bits per heavy atom. The molecule has 11 heavy (non-hydrogen) atoms. The van der Waals surface area contributed by atoms with E-state index in [0.717, 1.165) is 12.1 Å². The van der Waals surface area contributed by atoms with E-state index in [0.29, 0.717) is 0 Å². The molecule has 1 atom stereocenters. The Kier molecular flexibility index (Phi) is 5.87. The zero-order valence-electron chi connectivity index (χ0n) is 7.19. The summed E-state index contributed by atoms with van der Waals surface area (Å²) in [6, 6.07) is 1.57. The maximum atomic E-state index is 3.63. The van der Waals surface area contributed by atoms with Crippen LogP contribution in [0.2, 0.25) is 0 Å². The van der Waals surface area contributed by atoms with E-state index < -0.39 is 0 Å². The SMILES string of the molecule is CCC(C)NC1CCCC1.[SiH4]. The fraction of sp³-hybridized carbons (Fsp3) is 1.00. The van der Waals surface area contributed by atoms with Crippen molar-refractivity contribution in [1.29, 1.82) is 0 Å². The van der Waals surface area contributed by atoms with E-state index in [2.05, 4.69) is 19.2 Å². The molecule has 1 nitrogen and oxygen atoms in total. The van der Waals surface area contributed by atoms with Crippen LogP contribution in [0.5, 0.6) is 0 Å². The topological polar surface area (TPSA) is 12.0 Å². The van der Waals surface area contributed by atoms with Gasteiger partial charge in [0.25, 0.3) is 0 Å². The molecular weight excluding hydrogens is 150 g/mol. The van der Waals surface area contributed by atoms with E-state index in [1.807, 2.05) is 0 Å². The average Bonchev–Trinajstić information content (AvgIpc) is 2.40. The molecule has 1 rings (SSSR count). The molecule has 0 heterocycles. The second-order valence-electron chi connectivity index (χ2n) is 3.46. The van der Waals surface area contributed by atoms with Gasteiger partial charge in [0, 0.05) is 12.1 Å². The highest BCUT2D eigenvalue weighted by molar-refractivity contribution is 5.75. The molecule has 0 amide bonds. The summed E-state index contributed by atoms with van der Waals surface area (Å²) in [5.74, 6) is 0. The molecule has 0 aliphatic heterocycles. The van der Waals surface area contributed by atoms with Crippen LogP contribution in [-0.2, 0) is 0 Å². The molecule has 0 radical (unpaired) electrons. The molecule has 0 aromatic heterocycles. The fourth-order valence-electron chi connectivity index (χ4n) is 1.61. The van der Waals surface area contributed by atoms with Crippen LogP contribution < -0.4 is 5.32 Å². The van der Waals surface area contributed by atoms with Gasteiger partial charge in [0.2, 0.25) is 0 Å². The zero-order valence-corrected chi connectivity index (χ0v) is 7.19. The van der Waals surface area contributed by atoms with Crippen LogP contribution in [0.25, 0.3) is 0 Å². The number of rotatable bonds is 3. The molecule has 1 saturated carbocycles. The third-order valence-electron chi connectivity index (χ3n) is 2.49. The number of hydrogen-bond acceptors (Lipinski definition) is 1. The van der Waals surface area contributed by atoms with E-state index in [4.69, 9.17) is 0 Å². The molecule has 0 aromatic rings. The lowest BCUT2D eigenvalue weighted by Gasteiger charge is -2.16. The van der Waals surface area contributed by atoms with Crippen molar-refractivity contribution < 1.29 is 0 Å². The largest absolute Gasteiger partial charge is 0.312 e. The first-order chi connectivity index (χ1) is 4.83. The molecule has 68 valence electrons. The lowest BCUT2D eigenvalue weighted by molar-refractivity contribution is 0.442. The summed E-state index contributed by atoms with van der Waals surface area (Å²) in [4.78, 5) is 0. The number of hydrogen-bond donors (Lipinski definition) is 1. The van der Waals surface area contributed by atoms with Gasteiger partial charge in [-0.05, 0) is 37.2 Å². The molecule has 0 saturated heterocycles. The highest BCUT2D eigenvalue weighted by Crippen LogP contribution is 2.18. The van der Waals surface area contributed by atoms with Gasteiger partial charge < -0.3 is 5.32 Å². The average molecular weight is 173 g/mol. The quantitative estimate of drug-likeness (QED) is 0.624. The zero-order chi connectivity index (χ0) is 7.40. The predicted octanol–water partition coefficient (Wildman–Crippen LogP) is 0.865. The van der Waals surface area contributed by atoms with E-state index in [-0.39, 0.29) is 11.0 Å². The second kappa shape index (κ2) is 5.78. The summed E-state index contributed by atoms with van der Waals surface area (Å²) in [6.45, 7) is 4.52. The fourth-order valence-corrected chi connectivity index (χ4v) is 1.61. The van der Waals surface area contributed by atoms with E-state index in [1.54, 1.807) is 0 Å². The Morgan fingerprint density at radius 3 is 2.36 bits per heavy atom. The summed E-state index contributed by atoms with van der Waals surface area (Å²) in [5.41, 5.74) is 0. The van der Waals surface area contributed by atoms with Gasteiger partial charge in [0.15, 0.2) is 0 Å². The lowest BCUT2D eigenvalue weighted by atomic mass is 10.2. The maximum absolute atomic E-state index is 3.63. The molecule has 1 unspecified atom stereocenters. The highest BCUT2D eigenvalue weighted by atomic mass is 28.1. The standard InChI is InChI=1S/C9H19N.H4Si/c1-3-8(2)10-9-6-4-5-7-9;/h8-10H,3-7H2,1-2H3;1H4. The van der Waals surface area contributed by atoms with Gasteiger partial charge in [-0.3, -0.25) is 0 Å². The molecule has 2 heteroatoms. The summed E-state index contributed by atoms with van der Waals surface area (Å²) in [7, 11) is 0. The van der Waals surface area contributed by atoms with Gasteiger partial charge in [0.05, 0.1) is 0 Å². The van der Waals surface area contributed by atoms with Crippen LogP contribution >= 0.6 is 0 Å². The van der Waals surface area contributed by atoms with Crippen LogP contribution in [0, 0.1) is 0 Å². The van der Waals surface area contributed by atoms with Crippen molar-refractivity contribution in [2.45, 2.75) is 58.0 Å². The third kappa shape index (κ3) is 3.92. The van der Waals surface area contributed by atoms with Gasteiger partial charge in [-0.2, -0.15) is 0 Å². The lowest BCUT2D eigenvalue weighted by Crippen LogP contribution is -2.33. The molecule has 1 N–H and O–H groups in total. The van der Waals surface area contributed by atoms with Crippen LogP contribution in [0.3, 0.4) is 0 Å². The van der Waals surface area contributed by atoms with Crippen molar-refractivity contribution in [2.24, 2.45) is 0 Å². The van der Waals surface area contributed by atoms with Gasteiger partial charge in [-0.15, -0.1) is 0 Å².